The summed E-state index contributed by atoms with van der Waals surface area (Å²) in [4.78, 5) is 11.7. The highest BCUT2D eigenvalue weighted by molar-refractivity contribution is 5.97. The van der Waals surface area contributed by atoms with Gasteiger partial charge in [-0.15, -0.1) is 0 Å². The van der Waals surface area contributed by atoms with Crippen LogP contribution in [0.25, 0.3) is 0 Å². The molecule has 0 bridgehead atoms. The Morgan fingerprint density at radius 1 is 1.38 bits per heavy atom. The maximum atomic E-state index is 11.7. The Hall–Kier alpha value is -1.05. The van der Waals surface area contributed by atoms with E-state index >= 15 is 0 Å². The molecule has 0 saturated heterocycles. The average molecular weight is 180 g/mol. The van der Waals surface area contributed by atoms with Crippen molar-refractivity contribution in [3.8, 4) is 0 Å². The van der Waals surface area contributed by atoms with Gasteiger partial charge in [-0.2, -0.15) is 0 Å². The van der Waals surface area contributed by atoms with Crippen molar-refractivity contribution in [1.29, 1.82) is 0 Å². The fourth-order valence-corrected chi connectivity index (χ4v) is 1.06. The van der Waals surface area contributed by atoms with Crippen molar-refractivity contribution in [1.82, 2.24) is 0 Å². The van der Waals surface area contributed by atoms with E-state index < -0.39 is 0 Å². The van der Waals surface area contributed by atoms with Gasteiger partial charge in [-0.3, -0.25) is 4.79 Å². The maximum Gasteiger partial charge on any atom is 0.203 e. The molecule has 2 nitrogen and oxygen atoms in total. The van der Waals surface area contributed by atoms with Crippen LogP contribution in [0.15, 0.2) is 16.5 Å². The third kappa shape index (κ3) is 2.20. The Labute approximate surface area is 78.9 Å². The molecule has 0 aliphatic rings. The van der Waals surface area contributed by atoms with Crippen molar-refractivity contribution in [3.05, 3.63) is 23.7 Å². The SMILES string of the molecule is CCc1ccc(C(=O)C(C)(C)C)o1. The first-order valence-corrected chi connectivity index (χ1v) is 4.58. The number of carbonyl (C=O) groups is 1. The maximum absolute atomic E-state index is 11.7. The fraction of sp³-hybridized carbons (Fsp3) is 0.545. The fourth-order valence-electron chi connectivity index (χ4n) is 1.06. The van der Waals surface area contributed by atoms with Crippen LogP contribution < -0.4 is 0 Å². The normalized spacial score (nSPS) is 11.7. The topological polar surface area (TPSA) is 30.2 Å². The molecule has 72 valence electrons. The first-order valence-electron chi connectivity index (χ1n) is 4.58. The van der Waals surface area contributed by atoms with Crippen molar-refractivity contribution in [2.45, 2.75) is 34.1 Å². The van der Waals surface area contributed by atoms with E-state index in [-0.39, 0.29) is 11.2 Å². The number of rotatable bonds is 2. The van der Waals surface area contributed by atoms with Gasteiger partial charge < -0.3 is 4.42 Å². The quantitative estimate of drug-likeness (QED) is 0.655. The van der Waals surface area contributed by atoms with Gasteiger partial charge in [0.25, 0.3) is 0 Å². The number of carbonyl (C=O) groups excluding carboxylic acids is 1. The van der Waals surface area contributed by atoms with Gasteiger partial charge >= 0.3 is 0 Å². The van der Waals surface area contributed by atoms with Gasteiger partial charge in [0.15, 0.2) is 5.76 Å². The highest BCUT2D eigenvalue weighted by Crippen LogP contribution is 2.22. The van der Waals surface area contributed by atoms with Gasteiger partial charge in [-0.05, 0) is 12.1 Å². The smallest absolute Gasteiger partial charge is 0.203 e. The Morgan fingerprint density at radius 2 is 2.00 bits per heavy atom. The minimum atomic E-state index is -0.358. The summed E-state index contributed by atoms with van der Waals surface area (Å²) in [6.45, 7) is 7.68. The molecule has 1 heterocycles. The molecule has 0 fully saturated rings. The lowest BCUT2D eigenvalue weighted by molar-refractivity contribution is 0.0827. The zero-order chi connectivity index (χ0) is 10.1. The summed E-state index contributed by atoms with van der Waals surface area (Å²) in [5.41, 5.74) is -0.358. The highest BCUT2D eigenvalue weighted by Gasteiger charge is 2.25. The third-order valence-corrected chi connectivity index (χ3v) is 1.92. The summed E-state index contributed by atoms with van der Waals surface area (Å²) in [7, 11) is 0. The van der Waals surface area contributed by atoms with Crippen LogP contribution in [-0.2, 0) is 6.42 Å². The van der Waals surface area contributed by atoms with E-state index in [9.17, 15) is 4.79 Å². The first kappa shape index (κ1) is 10.0. The molecule has 0 aliphatic carbocycles. The molecule has 1 rings (SSSR count). The van der Waals surface area contributed by atoms with Gasteiger partial charge in [-0.1, -0.05) is 27.7 Å². The summed E-state index contributed by atoms with van der Waals surface area (Å²) in [5.74, 6) is 1.41. The number of hydrogen-bond acceptors (Lipinski definition) is 2. The van der Waals surface area contributed by atoms with Crippen LogP contribution in [0.3, 0.4) is 0 Å². The van der Waals surface area contributed by atoms with Crippen LogP contribution in [0.5, 0.6) is 0 Å². The summed E-state index contributed by atoms with van der Waals surface area (Å²) < 4.78 is 5.37. The molecule has 0 aromatic carbocycles. The number of aryl methyl sites for hydroxylation is 1. The van der Waals surface area contributed by atoms with Crippen LogP contribution in [0.4, 0.5) is 0 Å². The predicted molar refractivity (Wildman–Crippen MR) is 51.9 cm³/mol. The van der Waals surface area contributed by atoms with Gasteiger partial charge in [0.2, 0.25) is 5.78 Å². The highest BCUT2D eigenvalue weighted by atomic mass is 16.3. The molecule has 1 aromatic heterocycles. The molecule has 0 amide bonds. The Balaban J connectivity index is 2.90. The van der Waals surface area contributed by atoms with Gasteiger partial charge in [0.05, 0.1) is 0 Å². The van der Waals surface area contributed by atoms with Crippen LogP contribution in [0, 0.1) is 5.41 Å². The van der Waals surface area contributed by atoms with Gasteiger partial charge in [-0.25, -0.2) is 0 Å². The standard InChI is InChI=1S/C11H16O2/c1-5-8-6-7-9(13-8)10(12)11(2,3)4/h6-7H,5H2,1-4H3. The lowest BCUT2D eigenvalue weighted by Crippen LogP contribution is -2.19. The average Bonchev–Trinajstić information content (AvgIpc) is 2.48. The van der Waals surface area contributed by atoms with Crippen LogP contribution in [0.2, 0.25) is 0 Å². The number of furan rings is 1. The summed E-state index contributed by atoms with van der Waals surface area (Å²) in [6.07, 6.45) is 0.831. The Kier molecular flexibility index (Phi) is 2.60. The van der Waals surface area contributed by atoms with Crippen molar-refractivity contribution >= 4 is 5.78 Å². The Morgan fingerprint density at radius 3 is 2.38 bits per heavy atom. The minimum Gasteiger partial charge on any atom is -0.458 e. The van der Waals surface area contributed by atoms with E-state index in [4.69, 9.17) is 4.42 Å². The summed E-state index contributed by atoms with van der Waals surface area (Å²) >= 11 is 0. The summed E-state index contributed by atoms with van der Waals surface area (Å²) in [5, 5.41) is 0. The molecule has 13 heavy (non-hydrogen) atoms. The lowest BCUT2D eigenvalue weighted by atomic mass is 9.89. The van der Waals surface area contributed by atoms with Crippen molar-refractivity contribution < 1.29 is 9.21 Å². The van der Waals surface area contributed by atoms with Crippen molar-refractivity contribution in [3.63, 3.8) is 0 Å². The molecule has 0 unspecified atom stereocenters. The van der Waals surface area contributed by atoms with E-state index in [1.54, 1.807) is 6.07 Å². The second-order valence-corrected chi connectivity index (χ2v) is 4.20. The monoisotopic (exact) mass is 180 g/mol. The van der Waals surface area contributed by atoms with E-state index in [0.29, 0.717) is 5.76 Å². The van der Waals surface area contributed by atoms with E-state index in [1.165, 1.54) is 0 Å². The molecular formula is C11H16O2. The Bertz CT molecular complexity index is 302. The number of Topliss-reactive ketones (excluding diaryl/α,β-unsaturated/α-hetero) is 1. The molecule has 2 heteroatoms. The number of hydrogen-bond donors (Lipinski definition) is 0. The van der Waals surface area contributed by atoms with Crippen molar-refractivity contribution in [2.24, 2.45) is 5.41 Å². The second kappa shape index (κ2) is 3.36. The first-order chi connectivity index (χ1) is 5.95. The van der Waals surface area contributed by atoms with Crippen LogP contribution in [0.1, 0.15) is 44.0 Å². The molecule has 0 N–H and O–H groups in total. The molecule has 0 spiro atoms. The zero-order valence-electron chi connectivity index (χ0n) is 8.68. The van der Waals surface area contributed by atoms with Gasteiger partial charge in [0, 0.05) is 11.8 Å². The third-order valence-electron chi connectivity index (χ3n) is 1.92. The number of ketones is 1. The van der Waals surface area contributed by atoms with E-state index in [1.807, 2.05) is 33.8 Å². The van der Waals surface area contributed by atoms with Gasteiger partial charge in [0.1, 0.15) is 5.76 Å². The molecule has 0 saturated carbocycles. The lowest BCUT2D eigenvalue weighted by Gasteiger charge is -2.13. The largest absolute Gasteiger partial charge is 0.458 e. The molecule has 1 aromatic rings. The molecule has 0 aliphatic heterocycles. The molecule has 0 radical (unpaired) electrons. The zero-order valence-corrected chi connectivity index (χ0v) is 8.68. The van der Waals surface area contributed by atoms with E-state index in [0.717, 1.165) is 12.2 Å². The molecule has 0 atom stereocenters. The summed E-state index contributed by atoms with van der Waals surface area (Å²) in [6, 6.07) is 3.62. The molecular weight excluding hydrogens is 164 g/mol. The van der Waals surface area contributed by atoms with E-state index in [2.05, 4.69) is 0 Å². The minimum absolute atomic E-state index is 0.0622. The van der Waals surface area contributed by atoms with Crippen molar-refractivity contribution in [2.75, 3.05) is 0 Å². The van der Waals surface area contributed by atoms with Crippen LogP contribution in [-0.4, -0.2) is 5.78 Å². The predicted octanol–water partition coefficient (Wildman–Crippen LogP) is 3.07. The van der Waals surface area contributed by atoms with Crippen LogP contribution >= 0.6 is 0 Å². The second-order valence-electron chi connectivity index (χ2n) is 4.20.